The summed E-state index contributed by atoms with van der Waals surface area (Å²) in [5.74, 6) is -1.69. The number of nitro groups is 1. The number of benzene rings is 2. The Labute approximate surface area is 152 Å². The lowest BCUT2D eigenvalue weighted by molar-refractivity contribution is -0.387. The van der Waals surface area contributed by atoms with Crippen LogP contribution in [0.25, 0.3) is 0 Å². The highest BCUT2D eigenvalue weighted by Gasteiger charge is 2.15. The van der Waals surface area contributed by atoms with Gasteiger partial charge in [0, 0.05) is 12.6 Å². The van der Waals surface area contributed by atoms with Crippen molar-refractivity contribution in [2.24, 2.45) is 0 Å². The predicted octanol–water partition coefficient (Wildman–Crippen LogP) is 2.69. The summed E-state index contributed by atoms with van der Waals surface area (Å²) >= 11 is 0.963. The zero-order chi connectivity index (χ0) is 18.9. The van der Waals surface area contributed by atoms with Crippen LogP contribution in [0.5, 0.6) is 0 Å². The molecule has 0 saturated carbocycles. The second-order valence-electron chi connectivity index (χ2n) is 5.08. The van der Waals surface area contributed by atoms with Gasteiger partial charge >= 0.3 is 5.97 Å². The molecular weight excluding hydrogens is 363 g/mol. The molecule has 0 aromatic heterocycles. The van der Waals surface area contributed by atoms with E-state index in [2.05, 4.69) is 5.32 Å². The van der Waals surface area contributed by atoms with E-state index in [1.165, 1.54) is 42.5 Å². The second-order valence-corrected chi connectivity index (χ2v) is 6.09. The Morgan fingerprint density at radius 1 is 1.15 bits per heavy atom. The smallest absolute Gasteiger partial charge is 0.316 e. The van der Waals surface area contributed by atoms with Crippen LogP contribution in [0.2, 0.25) is 0 Å². The lowest BCUT2D eigenvalue weighted by Crippen LogP contribution is -2.28. The molecule has 0 atom stereocenters. The average molecular weight is 378 g/mol. The number of hydrogen-bond donors (Lipinski definition) is 1. The first kappa shape index (κ1) is 19.4. The van der Waals surface area contributed by atoms with E-state index in [1.807, 2.05) is 0 Å². The lowest BCUT2D eigenvalue weighted by Gasteiger charge is -2.07. The van der Waals surface area contributed by atoms with Gasteiger partial charge in [0.05, 0.1) is 15.6 Å². The van der Waals surface area contributed by atoms with Gasteiger partial charge in [-0.2, -0.15) is 0 Å². The zero-order valence-electron chi connectivity index (χ0n) is 13.5. The molecule has 0 aliphatic carbocycles. The number of ether oxygens (including phenoxy) is 1. The number of hydrogen-bond acceptors (Lipinski definition) is 6. The lowest BCUT2D eigenvalue weighted by atomic mass is 10.2. The van der Waals surface area contributed by atoms with Gasteiger partial charge in [-0.25, -0.2) is 4.39 Å². The van der Waals surface area contributed by atoms with Crippen LogP contribution in [0.4, 0.5) is 10.1 Å². The molecule has 2 rings (SSSR count). The number of amides is 1. The summed E-state index contributed by atoms with van der Waals surface area (Å²) in [7, 11) is 0. The molecule has 0 radical (unpaired) electrons. The molecule has 2 aromatic carbocycles. The summed E-state index contributed by atoms with van der Waals surface area (Å²) in [5.41, 5.74) is 0.611. The molecule has 0 fully saturated rings. The number of esters is 1. The highest BCUT2D eigenvalue weighted by atomic mass is 32.2. The Morgan fingerprint density at radius 3 is 2.54 bits per heavy atom. The third-order valence-electron chi connectivity index (χ3n) is 3.17. The first-order valence-corrected chi connectivity index (χ1v) is 8.47. The molecule has 0 bridgehead atoms. The van der Waals surface area contributed by atoms with Crippen molar-refractivity contribution < 1.29 is 23.6 Å². The summed E-state index contributed by atoms with van der Waals surface area (Å²) in [5, 5.41) is 13.4. The quantitative estimate of drug-likeness (QED) is 0.328. The normalized spacial score (nSPS) is 10.2. The summed E-state index contributed by atoms with van der Waals surface area (Å²) in [6, 6.07) is 11.7. The fourth-order valence-electron chi connectivity index (χ4n) is 1.91. The van der Waals surface area contributed by atoms with Crippen molar-refractivity contribution in [3.63, 3.8) is 0 Å². The molecule has 0 aliphatic heterocycles. The Bertz CT molecular complexity index is 798. The van der Waals surface area contributed by atoms with E-state index in [0.29, 0.717) is 10.5 Å². The number of nitrogens with one attached hydrogen (secondary N) is 1. The van der Waals surface area contributed by atoms with Crippen LogP contribution in [0.15, 0.2) is 53.4 Å². The largest absolute Gasteiger partial charge is 0.455 e. The number of carbonyl (C=O) groups is 2. The highest BCUT2D eigenvalue weighted by Crippen LogP contribution is 2.28. The maximum Gasteiger partial charge on any atom is 0.316 e. The summed E-state index contributed by atoms with van der Waals surface area (Å²) in [6.45, 7) is -0.279. The number of nitrogens with zero attached hydrogens (tertiary/aromatic N) is 1. The molecule has 0 unspecified atom stereocenters. The van der Waals surface area contributed by atoms with Gasteiger partial charge in [0.2, 0.25) is 0 Å². The first-order chi connectivity index (χ1) is 12.5. The molecule has 0 spiro atoms. The van der Waals surface area contributed by atoms with E-state index in [9.17, 15) is 24.1 Å². The fourth-order valence-corrected chi connectivity index (χ4v) is 2.73. The van der Waals surface area contributed by atoms with Crippen molar-refractivity contribution in [2.45, 2.75) is 11.4 Å². The second kappa shape index (κ2) is 9.52. The SMILES string of the molecule is O=C(COC(=O)CSc1ccccc1[N+](=O)[O-])NCc1ccc(F)cc1. The topological polar surface area (TPSA) is 98.5 Å². The molecule has 2 aromatic rings. The minimum Gasteiger partial charge on any atom is -0.455 e. The maximum atomic E-state index is 12.8. The molecule has 1 N–H and O–H groups in total. The maximum absolute atomic E-state index is 12.8. The third kappa shape index (κ3) is 6.17. The molecule has 26 heavy (non-hydrogen) atoms. The van der Waals surface area contributed by atoms with Crippen LogP contribution >= 0.6 is 11.8 Å². The van der Waals surface area contributed by atoms with E-state index in [-0.39, 0.29) is 23.8 Å². The Hall–Kier alpha value is -2.94. The number of carbonyl (C=O) groups excluding carboxylic acids is 2. The van der Waals surface area contributed by atoms with Gasteiger partial charge in [0.15, 0.2) is 6.61 Å². The van der Waals surface area contributed by atoms with Crippen molar-refractivity contribution in [1.29, 1.82) is 0 Å². The Morgan fingerprint density at radius 2 is 1.85 bits per heavy atom. The van der Waals surface area contributed by atoms with E-state index >= 15 is 0 Å². The van der Waals surface area contributed by atoms with E-state index < -0.39 is 23.4 Å². The molecule has 7 nitrogen and oxygen atoms in total. The van der Waals surface area contributed by atoms with E-state index in [0.717, 1.165) is 11.8 Å². The summed E-state index contributed by atoms with van der Waals surface area (Å²) < 4.78 is 17.6. The predicted molar refractivity (Wildman–Crippen MR) is 93.0 cm³/mol. The van der Waals surface area contributed by atoms with Gasteiger partial charge in [-0.3, -0.25) is 19.7 Å². The monoisotopic (exact) mass is 378 g/mol. The number of rotatable bonds is 8. The Kier molecular flexibility index (Phi) is 7.10. The summed E-state index contributed by atoms with van der Waals surface area (Å²) in [4.78, 5) is 34.0. The van der Waals surface area contributed by atoms with Gasteiger partial charge < -0.3 is 10.1 Å². The molecule has 1 amide bonds. The van der Waals surface area contributed by atoms with Crippen molar-refractivity contribution in [3.8, 4) is 0 Å². The van der Waals surface area contributed by atoms with Gasteiger partial charge in [-0.05, 0) is 23.8 Å². The zero-order valence-corrected chi connectivity index (χ0v) is 14.3. The number of halogens is 1. The first-order valence-electron chi connectivity index (χ1n) is 7.48. The summed E-state index contributed by atoms with van der Waals surface area (Å²) in [6.07, 6.45) is 0. The van der Waals surface area contributed by atoms with Crippen molar-refractivity contribution in [3.05, 3.63) is 70.0 Å². The number of thioether (sulfide) groups is 1. The molecule has 0 saturated heterocycles. The Balaban J connectivity index is 1.72. The molecule has 0 heterocycles. The standard InChI is InChI=1S/C17H15FN2O5S/c18-13-7-5-12(6-8-13)9-19-16(21)10-25-17(22)11-26-15-4-2-1-3-14(15)20(23)24/h1-8H,9-11H2,(H,19,21). The van der Waals surface area contributed by atoms with Crippen LogP contribution in [-0.2, 0) is 20.9 Å². The molecule has 136 valence electrons. The average Bonchev–Trinajstić information content (AvgIpc) is 2.64. The highest BCUT2D eigenvalue weighted by molar-refractivity contribution is 8.00. The van der Waals surface area contributed by atoms with Crippen LogP contribution < -0.4 is 5.32 Å². The molecule has 9 heteroatoms. The van der Waals surface area contributed by atoms with Gasteiger partial charge in [-0.1, -0.05) is 24.3 Å². The van der Waals surface area contributed by atoms with E-state index in [1.54, 1.807) is 6.07 Å². The van der Waals surface area contributed by atoms with Crippen molar-refractivity contribution >= 4 is 29.3 Å². The van der Waals surface area contributed by atoms with Crippen molar-refractivity contribution in [2.75, 3.05) is 12.4 Å². The fraction of sp³-hybridized carbons (Fsp3) is 0.176. The number of nitro benzene ring substituents is 1. The van der Waals surface area contributed by atoms with Crippen molar-refractivity contribution in [1.82, 2.24) is 5.32 Å². The molecular formula is C17H15FN2O5S. The van der Waals surface area contributed by atoms with Crippen LogP contribution in [0.3, 0.4) is 0 Å². The van der Waals surface area contributed by atoms with Crippen LogP contribution in [-0.4, -0.2) is 29.2 Å². The van der Waals surface area contributed by atoms with Crippen LogP contribution in [0.1, 0.15) is 5.56 Å². The third-order valence-corrected chi connectivity index (χ3v) is 4.21. The van der Waals surface area contributed by atoms with Gasteiger partial charge in [-0.15, -0.1) is 11.8 Å². The van der Waals surface area contributed by atoms with E-state index in [4.69, 9.17) is 4.74 Å². The van der Waals surface area contributed by atoms with Gasteiger partial charge in [0.1, 0.15) is 5.82 Å². The minimum absolute atomic E-state index is 0.0951. The van der Waals surface area contributed by atoms with Gasteiger partial charge in [0.25, 0.3) is 11.6 Å². The minimum atomic E-state index is -0.662. The molecule has 0 aliphatic rings. The number of para-hydroxylation sites is 1. The van der Waals surface area contributed by atoms with Crippen LogP contribution in [0, 0.1) is 15.9 Å².